The zero-order valence-corrected chi connectivity index (χ0v) is 35.0. The second-order valence-electron chi connectivity index (χ2n) is 7.53. The molecule has 0 aliphatic heterocycles. The molecule has 0 bridgehead atoms. The maximum atomic E-state index is 12.7. The zero-order valence-electron chi connectivity index (χ0n) is 19.1. The van der Waals surface area contributed by atoms with E-state index in [4.69, 9.17) is 46.4 Å². The van der Waals surface area contributed by atoms with E-state index in [2.05, 4.69) is 10.6 Å². The van der Waals surface area contributed by atoms with Gasteiger partial charge in [-0.2, -0.15) is 0 Å². The molecule has 0 fully saturated rings. The lowest BCUT2D eigenvalue weighted by atomic mass is 10.1. The third-order valence-electron chi connectivity index (χ3n) is 5.01. The number of unbranched alkanes of at least 4 members (excludes halogenated alkanes) is 1. The van der Waals surface area contributed by atoms with E-state index in [1.165, 1.54) is 0 Å². The number of carbonyl (C=O) groups excluding carboxylic acids is 6. The molecule has 18 heteroatoms. The summed E-state index contributed by atoms with van der Waals surface area (Å²) in [5, 5.41) is 2.22. The Balaban J connectivity index is 2.12. The maximum absolute atomic E-state index is 12.7. The lowest BCUT2D eigenvalue weighted by Gasteiger charge is -2.17. The lowest BCUT2D eigenvalue weighted by Crippen LogP contribution is -2.19. The number of hydrogen-bond acceptors (Lipinski definition) is 6. The highest BCUT2D eigenvalue weighted by Gasteiger charge is 2.28. The van der Waals surface area contributed by atoms with E-state index >= 15 is 0 Å². The van der Waals surface area contributed by atoms with E-state index in [-0.39, 0.29) is 53.6 Å². The van der Waals surface area contributed by atoms with Gasteiger partial charge in [0.25, 0.3) is 21.0 Å². The Morgan fingerprint density at radius 3 is 0.875 bits per heavy atom. The molecule has 0 spiro atoms. The van der Waals surface area contributed by atoms with E-state index in [1.54, 1.807) is 0 Å². The molecule has 2 aromatic carbocycles. The van der Waals surface area contributed by atoms with Gasteiger partial charge in [0, 0.05) is 20.0 Å². The summed E-state index contributed by atoms with van der Waals surface area (Å²) < 4.78 is 2.05. The summed E-state index contributed by atoms with van der Waals surface area (Å²) in [7, 11) is 0. The zero-order chi connectivity index (χ0) is 30.6. The second kappa shape index (κ2) is 16.8. The van der Waals surface area contributed by atoms with Gasteiger partial charge in [-0.3, -0.25) is 28.8 Å². The van der Waals surface area contributed by atoms with Crippen molar-refractivity contribution in [2.24, 2.45) is 0 Å². The molecule has 2 rings (SSSR count). The van der Waals surface area contributed by atoms with Crippen LogP contribution in [0.25, 0.3) is 0 Å². The van der Waals surface area contributed by atoms with Gasteiger partial charge in [0.2, 0.25) is 11.8 Å². The van der Waals surface area contributed by atoms with Gasteiger partial charge < -0.3 is 10.6 Å². The van der Waals surface area contributed by atoms with Crippen molar-refractivity contribution >= 4 is 226 Å². The summed E-state index contributed by atoms with van der Waals surface area (Å²) in [4.78, 5) is 73.3. The average molecular weight is 1300 g/mol. The first kappa shape index (κ1) is 37.8. The van der Waals surface area contributed by atoms with Crippen LogP contribution in [-0.4, -0.2) is 32.8 Å². The van der Waals surface area contributed by atoms with Gasteiger partial charge in [-0.1, -0.05) is 0 Å². The average Bonchev–Trinajstić information content (AvgIpc) is 2.81. The Kier molecular flexibility index (Phi) is 15.8. The minimum atomic E-state index is -0.798. The molecule has 0 aromatic heterocycles. The van der Waals surface area contributed by atoms with Gasteiger partial charge in [0.05, 0.1) is 47.9 Å². The number of hydrogen-bond donors (Lipinski definition) is 2. The summed E-state index contributed by atoms with van der Waals surface area (Å²) in [5.74, 6) is -0.814. The number of anilines is 2. The van der Waals surface area contributed by atoms with Gasteiger partial charge in [0.1, 0.15) is 0 Å². The lowest BCUT2D eigenvalue weighted by molar-refractivity contribution is -0.118. The molecule has 0 aliphatic rings. The van der Waals surface area contributed by atoms with E-state index < -0.39 is 32.8 Å². The molecule has 2 aromatic rings. The second-order valence-corrected chi connectivity index (χ2v) is 15.4. The Morgan fingerprint density at radius 1 is 0.450 bits per heavy atom. The minimum Gasteiger partial charge on any atom is -0.324 e. The third-order valence-corrected chi connectivity index (χ3v) is 12.2. The monoisotopic (exact) mass is 1300 g/mol. The third kappa shape index (κ3) is 9.08. The fraction of sp³-hybridized carbons (Fsp3) is 0.182. The van der Waals surface area contributed by atoms with Crippen molar-refractivity contribution in [1.82, 2.24) is 0 Å². The number of benzene rings is 2. The largest absolute Gasteiger partial charge is 0.324 e. The van der Waals surface area contributed by atoms with E-state index in [9.17, 15) is 28.8 Å². The number of amides is 2. The van der Waals surface area contributed by atoms with Crippen molar-refractivity contribution in [2.45, 2.75) is 25.7 Å². The van der Waals surface area contributed by atoms with Gasteiger partial charge >= 0.3 is 0 Å². The van der Waals surface area contributed by atoms with Crippen molar-refractivity contribution in [2.75, 3.05) is 10.6 Å². The summed E-state index contributed by atoms with van der Waals surface area (Å²) in [5.41, 5.74) is 0.757. The number of carbonyl (C=O) groups is 6. The Labute approximate surface area is 329 Å². The molecular formula is C22H10Cl4I6N2O6. The number of rotatable bonds is 11. The molecule has 2 amide bonds. The first-order valence-electron chi connectivity index (χ1n) is 10.3. The highest BCUT2D eigenvalue weighted by molar-refractivity contribution is 14.1. The van der Waals surface area contributed by atoms with Crippen molar-refractivity contribution in [3.8, 4) is 0 Å². The van der Waals surface area contributed by atoms with E-state index in [0.29, 0.717) is 27.1 Å². The number of halogens is 10. The standard InChI is InChI=1S/C22H10Cl4I6N2O6/c23-19(37)7-11(27)8(20(24)38)14(30)17(13(7)29)33-5(35)3-1-2-4-6(36)34-18-15(31)9(21(25)39)12(28)10(16(18)32)22(26)40/h1-4H2,(H,33,35)(H,34,36). The molecule has 0 radical (unpaired) electrons. The van der Waals surface area contributed by atoms with Crippen LogP contribution in [-0.2, 0) is 9.59 Å². The summed E-state index contributed by atoms with van der Waals surface area (Å²) in [6.45, 7) is 0. The Bertz CT molecular complexity index is 1300. The highest BCUT2D eigenvalue weighted by Crippen LogP contribution is 2.38. The van der Waals surface area contributed by atoms with Crippen molar-refractivity contribution < 1.29 is 28.8 Å². The van der Waals surface area contributed by atoms with E-state index in [0.717, 1.165) is 0 Å². The summed E-state index contributed by atoms with van der Waals surface area (Å²) in [6, 6.07) is 0. The molecule has 0 unspecified atom stereocenters. The first-order valence-corrected chi connectivity index (χ1v) is 18.3. The summed E-state index contributed by atoms with van der Waals surface area (Å²) in [6.07, 6.45) is 0.733. The SMILES string of the molecule is O=C(CCCCC(=O)Nc1c(I)c(C(=O)Cl)c(I)c(C(=O)Cl)c1I)Nc1c(I)c(C(=O)Cl)c(I)c(C(=O)Cl)c1I. The van der Waals surface area contributed by atoms with Crippen LogP contribution in [0.15, 0.2) is 0 Å². The topological polar surface area (TPSA) is 126 Å². The quantitative estimate of drug-likeness (QED) is 0.132. The van der Waals surface area contributed by atoms with Crippen LogP contribution in [0.5, 0.6) is 0 Å². The molecule has 8 nitrogen and oxygen atoms in total. The molecule has 0 saturated heterocycles. The highest BCUT2D eigenvalue weighted by atomic mass is 127. The predicted octanol–water partition coefficient (Wildman–Crippen LogP) is 8.97. The van der Waals surface area contributed by atoms with Crippen molar-refractivity contribution in [3.05, 3.63) is 43.7 Å². The van der Waals surface area contributed by atoms with Gasteiger partial charge in [-0.25, -0.2) is 0 Å². The van der Waals surface area contributed by atoms with E-state index in [1.807, 2.05) is 136 Å². The van der Waals surface area contributed by atoms with Crippen LogP contribution in [0.4, 0.5) is 11.4 Å². The molecule has 0 aliphatic carbocycles. The molecule has 0 heterocycles. The predicted molar refractivity (Wildman–Crippen MR) is 206 cm³/mol. The molecular weight excluding hydrogens is 1290 g/mol. The van der Waals surface area contributed by atoms with Crippen LogP contribution in [0.1, 0.15) is 67.1 Å². The maximum Gasteiger partial charge on any atom is 0.254 e. The van der Waals surface area contributed by atoms with Crippen LogP contribution in [0.2, 0.25) is 0 Å². The fourth-order valence-corrected chi connectivity index (χ4v) is 14.1. The van der Waals surface area contributed by atoms with Crippen LogP contribution in [0.3, 0.4) is 0 Å². The molecule has 0 saturated carbocycles. The van der Waals surface area contributed by atoms with Gasteiger partial charge in [0.15, 0.2) is 0 Å². The molecule has 2 N–H and O–H groups in total. The van der Waals surface area contributed by atoms with Gasteiger partial charge in [-0.05, 0) is 195 Å². The smallest absolute Gasteiger partial charge is 0.254 e. The molecule has 214 valence electrons. The fourth-order valence-electron chi connectivity index (χ4n) is 3.21. The van der Waals surface area contributed by atoms with Crippen molar-refractivity contribution in [1.29, 1.82) is 0 Å². The molecule has 0 atom stereocenters. The van der Waals surface area contributed by atoms with Gasteiger partial charge in [-0.15, -0.1) is 0 Å². The first-order chi connectivity index (χ1) is 18.5. The Morgan fingerprint density at radius 2 is 0.675 bits per heavy atom. The Hall–Kier alpha value is 1.60. The summed E-state index contributed by atoms with van der Waals surface area (Å²) >= 11 is 33.9. The normalized spacial score (nSPS) is 10.8. The van der Waals surface area contributed by atoms with Crippen LogP contribution < -0.4 is 10.6 Å². The van der Waals surface area contributed by atoms with Crippen molar-refractivity contribution in [3.63, 3.8) is 0 Å². The molecule has 40 heavy (non-hydrogen) atoms. The van der Waals surface area contributed by atoms with Crippen LogP contribution >= 0.6 is 182 Å². The van der Waals surface area contributed by atoms with Crippen LogP contribution in [0, 0.1) is 21.4 Å². The minimum absolute atomic E-state index is 0.0358. The number of nitrogens with one attached hydrogen (secondary N) is 2.